The van der Waals surface area contributed by atoms with E-state index in [1.807, 2.05) is 9.97 Å². The minimum Gasteiger partial charge on any atom is -0.479 e. The molecule has 660 valence electrons. The summed E-state index contributed by atoms with van der Waals surface area (Å²) < 4.78 is 582. The molecule has 0 amide bonds. The zero-order valence-electron chi connectivity index (χ0n) is 57.8. The first-order valence-corrected chi connectivity index (χ1v) is 31.7. The molecule has 0 spiro atoms. The maximum atomic E-state index is 14.8. The summed E-state index contributed by atoms with van der Waals surface area (Å²) in [6, 6.07) is 7.55. The molecule has 0 fully saturated rings. The Hall–Kier alpha value is -12.1. The Balaban J connectivity index is 1.64. The van der Waals surface area contributed by atoms with Crippen LogP contribution in [0.5, 0.6) is 69.0 Å². The quantitative estimate of drug-likeness (QED) is 0.0289. The van der Waals surface area contributed by atoms with Crippen LogP contribution in [0.2, 0.25) is 0 Å². The number of fused-ring (bicyclic) bond motifs is 20. The van der Waals surface area contributed by atoms with E-state index in [1.54, 1.807) is 0 Å². The number of benzene rings is 5. The lowest BCUT2D eigenvalue weighted by molar-refractivity contribution is -0.162. The first-order chi connectivity index (χ1) is 55.3. The minimum absolute atomic E-state index is 0.0649. The molecule has 0 saturated carbocycles. The van der Waals surface area contributed by atoms with E-state index in [2.05, 4.69) is 70.2 Å². The maximum absolute atomic E-state index is 14.8. The molecule has 5 heterocycles. The van der Waals surface area contributed by atoms with E-state index in [0.29, 0.717) is 0 Å². The highest BCUT2D eigenvalue weighted by atomic mass is 19.5. The molecule has 0 unspecified atom stereocenters. The highest BCUT2D eigenvalue weighted by Crippen LogP contribution is 2.62. The summed E-state index contributed by atoms with van der Waals surface area (Å²) >= 11 is 0. The Morgan fingerprint density at radius 1 is 0.231 bits per heavy atom. The van der Waals surface area contributed by atoms with Gasteiger partial charge in [0, 0.05) is 27.9 Å². The van der Waals surface area contributed by atoms with Gasteiger partial charge in [-0.2, -0.15) is 158 Å². The molecule has 21 nitrogen and oxygen atoms in total. The smallest absolute Gasteiger partial charge is 0.422 e. The number of H-pyrrole nitrogens is 2. The first-order valence-electron chi connectivity index (χ1n) is 31.7. The fraction of sp³-hybridized carbons (Fsp3) is 0.375. The van der Waals surface area contributed by atoms with E-state index >= 15 is 0 Å². The summed E-state index contributed by atoms with van der Waals surface area (Å²) in [5.41, 5.74) is -8.03. The molecule has 10 rings (SSSR count). The Bertz CT molecular complexity index is 5440. The van der Waals surface area contributed by atoms with Gasteiger partial charge in [0.05, 0.1) is 32.7 Å². The fourth-order valence-corrected chi connectivity index (χ4v) is 10.5. The molecule has 5 aromatic carbocycles. The van der Waals surface area contributed by atoms with E-state index in [4.69, 9.17) is 34.2 Å². The third-order valence-electron chi connectivity index (χ3n) is 14.5. The first kappa shape index (κ1) is 91.2. The van der Waals surface area contributed by atoms with Crippen molar-refractivity contribution in [2.24, 2.45) is 0 Å². The van der Waals surface area contributed by atoms with Crippen molar-refractivity contribution in [2.45, 2.75) is 74.1 Å². The van der Waals surface area contributed by atoms with Crippen LogP contribution in [-0.4, -0.2) is 193 Å². The van der Waals surface area contributed by atoms with Crippen LogP contribution >= 0.6 is 0 Å². The number of halogens is 36. The lowest BCUT2D eigenvalue weighted by Gasteiger charge is -2.24. The zero-order chi connectivity index (χ0) is 89.9. The molecular weight excluding hydrogens is 1770 g/mol. The summed E-state index contributed by atoms with van der Waals surface area (Å²) in [4.78, 5) is 27.2. The SMILES string of the molecule is Nc1ccc(C#Cc2ccc3c(c2)-c2nc-3nc3[nH]c(nc4nc(nc5[nH]c(n2)c2c(OCC(F)(F)F)c(OCC(F)(F)F)c(OCC(F)(F)F)c(OCC(F)(F)F)c52)-c2c(OCC(F)(F)F)c(OCC(F)(F)F)c(OCC(F)(F)F)c(OCC(F)(F)F)c2-4)c2c(OCC(F)(F)F)c(OCC(F)(F)F)c(OCC(F)(F)F)c(OCC(F)(F)F)c32)cc1. The van der Waals surface area contributed by atoms with Crippen LogP contribution < -0.4 is 62.6 Å². The minimum atomic E-state index is -6.09. The average Bonchev–Trinajstić information content (AvgIpc) is 1.58. The number of aromatic nitrogens is 8. The molecule has 8 aromatic rings. The van der Waals surface area contributed by atoms with Crippen LogP contribution in [0.3, 0.4) is 0 Å². The van der Waals surface area contributed by atoms with E-state index in [1.165, 1.54) is 24.3 Å². The summed E-state index contributed by atoms with van der Waals surface area (Å²) in [5.74, 6) is -31.0. The zero-order valence-corrected chi connectivity index (χ0v) is 57.8. The van der Waals surface area contributed by atoms with Gasteiger partial charge in [0.2, 0.25) is 34.5 Å². The van der Waals surface area contributed by atoms with Crippen molar-refractivity contribution >= 4 is 49.8 Å². The van der Waals surface area contributed by atoms with Crippen molar-refractivity contribution in [3.05, 3.63) is 53.6 Å². The molecule has 4 N–H and O–H groups in total. The Morgan fingerprint density at radius 3 is 0.686 bits per heavy atom. The van der Waals surface area contributed by atoms with Crippen LogP contribution in [0.25, 0.3) is 89.7 Å². The molecule has 3 aromatic heterocycles. The average molecular weight is 1810 g/mol. The van der Waals surface area contributed by atoms with Gasteiger partial charge >= 0.3 is 74.1 Å². The number of ether oxygens (including phenoxy) is 12. The molecule has 2 aliphatic heterocycles. The van der Waals surface area contributed by atoms with Crippen molar-refractivity contribution < 1.29 is 215 Å². The lowest BCUT2D eigenvalue weighted by Crippen LogP contribution is -2.25. The number of aromatic amines is 2. The summed E-state index contributed by atoms with van der Waals surface area (Å²) in [7, 11) is 0. The predicted molar refractivity (Wildman–Crippen MR) is 331 cm³/mol. The standard InChI is InChI=1S/C64H35F36N9O12/c65-53(66,67)10-110-33-27-29(35(112-12-55(71,72)73)41(118-18-61(89,90)91)39(33)116-16-59(83,84)85)49-105-47(27)103-45-25-8-5-23(2-1-22-3-6-24(101)7-4-22)9-26(25)46(102-45)104-48-28-30(36(113-13-56(74,75)76)42(119-19-62(92,93)94)40(117-17-60(86,87)88)34(28)111-11-54(68,69)70)50(106-48)108-52-32-31(51(107-49)109-52)37(114-14-57(77,78)79)43(120-20-63(95,96)97)44(121-21-64(98,99)100)38(32)115-15-58(80,81)82/h3-9H,10-21,101H2,(H2,102,103,104,105,106,107,108,109). The Kier molecular flexibility index (Phi) is 24.7. The van der Waals surface area contributed by atoms with Crippen LogP contribution in [0.15, 0.2) is 42.5 Å². The molecule has 0 aliphatic carbocycles. The van der Waals surface area contributed by atoms with Crippen molar-refractivity contribution in [3.63, 3.8) is 0 Å². The third-order valence-corrected chi connectivity index (χ3v) is 14.5. The second-order valence-corrected chi connectivity index (χ2v) is 24.3. The number of nitrogens with zero attached hydrogens (tertiary/aromatic N) is 6. The van der Waals surface area contributed by atoms with Gasteiger partial charge in [0.1, 0.15) is 22.6 Å². The predicted octanol–water partition coefficient (Wildman–Crippen LogP) is 19.1. The second kappa shape index (κ2) is 32.8. The van der Waals surface area contributed by atoms with Gasteiger partial charge in [0.15, 0.2) is 137 Å². The Labute approximate surface area is 642 Å². The van der Waals surface area contributed by atoms with Gasteiger partial charge in [-0.15, -0.1) is 0 Å². The van der Waals surface area contributed by atoms with Gasteiger partial charge in [-0.1, -0.05) is 11.8 Å². The maximum Gasteiger partial charge on any atom is 0.422 e. The molecule has 121 heavy (non-hydrogen) atoms. The Morgan fingerprint density at radius 2 is 0.430 bits per heavy atom. The number of hydrogen-bond acceptors (Lipinski definition) is 19. The summed E-state index contributed by atoms with van der Waals surface area (Å²) in [6.45, 7) is -37.0. The lowest BCUT2D eigenvalue weighted by atomic mass is 10.0. The normalized spacial score (nSPS) is 13.3. The number of anilines is 1. The van der Waals surface area contributed by atoms with Gasteiger partial charge in [-0.05, 0) is 42.5 Å². The van der Waals surface area contributed by atoms with Crippen LogP contribution in [0.4, 0.5) is 164 Å². The number of hydrogen-bond donors (Lipinski definition) is 3. The molecular formula is C64H35F36N9O12. The monoisotopic (exact) mass is 1810 g/mol. The fourth-order valence-electron chi connectivity index (χ4n) is 10.5. The number of nitrogen functional groups attached to an aromatic ring is 1. The van der Waals surface area contributed by atoms with Gasteiger partial charge < -0.3 is 72.5 Å². The molecule has 57 heteroatoms. The highest BCUT2D eigenvalue weighted by molar-refractivity contribution is 6.16. The molecule has 0 atom stereocenters. The topological polar surface area (TPSA) is 246 Å². The largest absolute Gasteiger partial charge is 0.479 e. The number of nitrogens with two attached hydrogens (primary N) is 1. The number of nitrogens with one attached hydrogen (secondary N) is 2. The molecule has 0 radical (unpaired) electrons. The van der Waals surface area contributed by atoms with Crippen molar-refractivity contribution in [1.82, 2.24) is 39.9 Å². The van der Waals surface area contributed by atoms with E-state index in [0.717, 1.165) is 18.2 Å². The van der Waals surface area contributed by atoms with Crippen LogP contribution in [-0.2, 0) is 0 Å². The van der Waals surface area contributed by atoms with Gasteiger partial charge in [0.25, 0.3) is 0 Å². The second-order valence-electron chi connectivity index (χ2n) is 24.3. The van der Waals surface area contributed by atoms with E-state index in [9.17, 15) is 158 Å². The number of rotatable bonds is 24. The van der Waals surface area contributed by atoms with Gasteiger partial charge in [-0.25, -0.2) is 29.9 Å². The third kappa shape index (κ3) is 24.1. The van der Waals surface area contributed by atoms with Crippen LogP contribution in [0.1, 0.15) is 11.1 Å². The molecule has 0 saturated heterocycles. The van der Waals surface area contributed by atoms with Crippen molar-refractivity contribution in [3.8, 4) is 126 Å². The highest BCUT2D eigenvalue weighted by Gasteiger charge is 2.47. The van der Waals surface area contributed by atoms with Gasteiger partial charge in [-0.3, -0.25) is 0 Å². The van der Waals surface area contributed by atoms with Crippen LogP contribution in [0, 0.1) is 11.8 Å². The van der Waals surface area contributed by atoms with Crippen molar-refractivity contribution in [2.75, 3.05) is 85.0 Å². The van der Waals surface area contributed by atoms with E-state index in [-0.39, 0.29) is 16.8 Å². The summed E-state index contributed by atoms with van der Waals surface area (Å²) in [6.07, 6.45) is -71.9. The summed E-state index contributed by atoms with van der Waals surface area (Å²) in [5, 5.41) is -7.75. The molecule has 8 bridgehead atoms. The van der Waals surface area contributed by atoms with E-state index < -0.39 is 312 Å². The number of alkyl halides is 36. The molecule has 2 aliphatic rings. The van der Waals surface area contributed by atoms with Crippen molar-refractivity contribution in [1.29, 1.82) is 0 Å².